The molecule has 1 rings (SSSR count). The highest BCUT2D eigenvalue weighted by Gasteiger charge is 2.25. The lowest BCUT2D eigenvalue weighted by molar-refractivity contribution is -0.147. The molecule has 0 bridgehead atoms. The summed E-state index contributed by atoms with van der Waals surface area (Å²) in [5, 5.41) is 0. The van der Waals surface area contributed by atoms with E-state index in [1.165, 1.54) is 7.11 Å². The number of hydrogen-bond donors (Lipinski definition) is 0. The molecular weight excluding hydrogens is 148 g/mol. The third-order valence-electron chi connectivity index (χ3n) is 1.59. The smallest absolute Gasteiger partial charge is 0.309 e. The first kappa shape index (κ1) is 8.04. The van der Waals surface area contributed by atoms with Gasteiger partial charge >= 0.3 is 11.9 Å². The Morgan fingerprint density at radius 1 is 1.82 bits per heavy atom. The fourth-order valence-electron chi connectivity index (χ4n) is 0.996. The lowest BCUT2D eigenvalue weighted by Gasteiger charge is -2.05. The Hall–Kier alpha value is -1.06. The second-order valence-electron chi connectivity index (χ2n) is 2.43. The zero-order chi connectivity index (χ0) is 8.27. The van der Waals surface area contributed by atoms with Gasteiger partial charge in [-0.25, -0.2) is 0 Å². The lowest BCUT2D eigenvalue weighted by atomic mass is 10.2. The molecule has 0 aromatic carbocycles. The Morgan fingerprint density at radius 3 is 3.00 bits per heavy atom. The molecule has 0 aromatic heterocycles. The minimum Gasteiger partial charge on any atom is -0.469 e. The van der Waals surface area contributed by atoms with E-state index in [0.29, 0.717) is 12.8 Å². The second kappa shape index (κ2) is 3.37. The van der Waals surface area contributed by atoms with Crippen molar-refractivity contribution < 1.29 is 19.1 Å². The molecule has 1 heterocycles. The molecule has 4 nitrogen and oxygen atoms in total. The number of rotatable bonds is 2. The van der Waals surface area contributed by atoms with Crippen molar-refractivity contribution in [1.29, 1.82) is 0 Å². The quantitative estimate of drug-likeness (QED) is 0.541. The highest BCUT2D eigenvalue weighted by Crippen LogP contribution is 2.16. The SMILES string of the molecule is COC(=O)C[C@@H]1CCC(=O)O1. The van der Waals surface area contributed by atoms with E-state index in [9.17, 15) is 9.59 Å². The molecule has 62 valence electrons. The number of ether oxygens (including phenoxy) is 2. The number of carbonyl (C=O) groups is 2. The van der Waals surface area contributed by atoms with E-state index in [-0.39, 0.29) is 24.5 Å². The van der Waals surface area contributed by atoms with Crippen LogP contribution in [0.3, 0.4) is 0 Å². The van der Waals surface area contributed by atoms with Crippen LogP contribution in [-0.2, 0) is 19.1 Å². The fraction of sp³-hybridized carbons (Fsp3) is 0.714. The summed E-state index contributed by atoms with van der Waals surface area (Å²) in [7, 11) is 1.32. The Labute approximate surface area is 64.5 Å². The van der Waals surface area contributed by atoms with E-state index in [2.05, 4.69) is 4.74 Å². The predicted molar refractivity (Wildman–Crippen MR) is 35.7 cm³/mol. The Balaban J connectivity index is 2.28. The number of esters is 2. The van der Waals surface area contributed by atoms with E-state index in [1.54, 1.807) is 0 Å². The van der Waals surface area contributed by atoms with Gasteiger partial charge in [-0.2, -0.15) is 0 Å². The van der Waals surface area contributed by atoms with Gasteiger partial charge < -0.3 is 9.47 Å². The molecule has 0 amide bonds. The van der Waals surface area contributed by atoms with Crippen molar-refractivity contribution in [3.8, 4) is 0 Å². The summed E-state index contributed by atoms with van der Waals surface area (Å²) in [5.41, 5.74) is 0. The highest BCUT2D eigenvalue weighted by atomic mass is 16.6. The highest BCUT2D eigenvalue weighted by molar-refractivity contribution is 5.74. The standard InChI is InChI=1S/C7H10O4/c1-10-7(9)4-5-2-3-6(8)11-5/h5H,2-4H2,1H3/t5-/m0/s1. The topological polar surface area (TPSA) is 52.6 Å². The van der Waals surface area contributed by atoms with Gasteiger partial charge in [-0.3, -0.25) is 9.59 Å². The van der Waals surface area contributed by atoms with Crippen LogP contribution in [0.4, 0.5) is 0 Å². The second-order valence-corrected chi connectivity index (χ2v) is 2.43. The zero-order valence-electron chi connectivity index (χ0n) is 6.33. The molecule has 4 heteroatoms. The van der Waals surface area contributed by atoms with Crippen molar-refractivity contribution in [1.82, 2.24) is 0 Å². The molecule has 0 aromatic rings. The molecule has 0 N–H and O–H groups in total. The molecule has 1 fully saturated rings. The van der Waals surface area contributed by atoms with Crippen LogP contribution in [0.15, 0.2) is 0 Å². The van der Waals surface area contributed by atoms with Gasteiger partial charge in [-0.15, -0.1) is 0 Å². The van der Waals surface area contributed by atoms with Crippen LogP contribution in [0.5, 0.6) is 0 Å². The van der Waals surface area contributed by atoms with Crippen molar-refractivity contribution >= 4 is 11.9 Å². The molecule has 1 saturated heterocycles. The molecular formula is C7H10O4. The average molecular weight is 158 g/mol. The maximum Gasteiger partial charge on any atom is 0.309 e. The maximum absolute atomic E-state index is 10.7. The van der Waals surface area contributed by atoms with Crippen LogP contribution in [-0.4, -0.2) is 25.2 Å². The zero-order valence-corrected chi connectivity index (χ0v) is 6.33. The molecule has 11 heavy (non-hydrogen) atoms. The first-order valence-corrected chi connectivity index (χ1v) is 3.48. The monoisotopic (exact) mass is 158 g/mol. The van der Waals surface area contributed by atoms with Crippen molar-refractivity contribution in [2.75, 3.05) is 7.11 Å². The van der Waals surface area contributed by atoms with E-state index in [4.69, 9.17) is 4.74 Å². The van der Waals surface area contributed by atoms with E-state index < -0.39 is 0 Å². The molecule has 0 unspecified atom stereocenters. The third kappa shape index (κ3) is 2.22. The summed E-state index contributed by atoms with van der Waals surface area (Å²) < 4.78 is 9.21. The van der Waals surface area contributed by atoms with Gasteiger partial charge in [0.05, 0.1) is 13.5 Å². The molecule has 1 aliphatic heterocycles. The van der Waals surface area contributed by atoms with Gasteiger partial charge in [0.1, 0.15) is 6.10 Å². The number of methoxy groups -OCH3 is 1. The summed E-state index contributed by atoms with van der Waals surface area (Å²) in [5.74, 6) is -0.552. The Kier molecular flexibility index (Phi) is 2.46. The summed E-state index contributed by atoms with van der Waals surface area (Å²) >= 11 is 0. The van der Waals surface area contributed by atoms with Gasteiger partial charge in [0.2, 0.25) is 0 Å². The summed E-state index contributed by atoms with van der Waals surface area (Å²) in [6.45, 7) is 0. The molecule has 0 radical (unpaired) electrons. The number of cyclic esters (lactones) is 1. The van der Waals surface area contributed by atoms with Crippen LogP contribution in [0.25, 0.3) is 0 Å². The first-order valence-electron chi connectivity index (χ1n) is 3.48. The largest absolute Gasteiger partial charge is 0.469 e. The summed E-state index contributed by atoms with van der Waals surface area (Å²) in [6.07, 6.45) is 0.979. The minimum absolute atomic E-state index is 0.183. The molecule has 0 saturated carbocycles. The van der Waals surface area contributed by atoms with Crippen LogP contribution >= 0.6 is 0 Å². The molecule has 1 aliphatic rings. The number of hydrogen-bond acceptors (Lipinski definition) is 4. The van der Waals surface area contributed by atoms with Gasteiger partial charge in [-0.1, -0.05) is 0 Å². The molecule has 1 atom stereocenters. The van der Waals surface area contributed by atoms with E-state index >= 15 is 0 Å². The van der Waals surface area contributed by atoms with Gasteiger partial charge in [0.15, 0.2) is 0 Å². The van der Waals surface area contributed by atoms with Crippen molar-refractivity contribution in [2.45, 2.75) is 25.4 Å². The van der Waals surface area contributed by atoms with Crippen molar-refractivity contribution in [3.05, 3.63) is 0 Å². The molecule has 0 spiro atoms. The fourth-order valence-corrected chi connectivity index (χ4v) is 0.996. The number of carbonyl (C=O) groups excluding carboxylic acids is 2. The maximum atomic E-state index is 10.7. The van der Waals surface area contributed by atoms with Crippen LogP contribution in [0, 0.1) is 0 Å². The van der Waals surface area contributed by atoms with Crippen LogP contribution in [0.2, 0.25) is 0 Å². The van der Waals surface area contributed by atoms with Gasteiger partial charge in [0, 0.05) is 6.42 Å². The normalized spacial score (nSPS) is 23.0. The Bertz CT molecular complexity index is 175. The van der Waals surface area contributed by atoms with Gasteiger partial charge in [0.25, 0.3) is 0 Å². The van der Waals surface area contributed by atoms with E-state index in [1.807, 2.05) is 0 Å². The molecule has 0 aliphatic carbocycles. The van der Waals surface area contributed by atoms with Crippen LogP contribution < -0.4 is 0 Å². The predicted octanol–water partition coefficient (Wildman–Crippen LogP) is 0.255. The minimum atomic E-state index is -0.329. The summed E-state index contributed by atoms with van der Waals surface area (Å²) in [6, 6.07) is 0. The van der Waals surface area contributed by atoms with Crippen molar-refractivity contribution in [2.24, 2.45) is 0 Å². The van der Waals surface area contributed by atoms with Crippen LogP contribution in [0.1, 0.15) is 19.3 Å². The van der Waals surface area contributed by atoms with Gasteiger partial charge in [-0.05, 0) is 6.42 Å². The average Bonchev–Trinajstić information content (AvgIpc) is 2.35. The summed E-state index contributed by atoms with van der Waals surface area (Å²) in [4.78, 5) is 21.2. The third-order valence-corrected chi connectivity index (χ3v) is 1.59. The van der Waals surface area contributed by atoms with Crippen molar-refractivity contribution in [3.63, 3.8) is 0 Å². The first-order chi connectivity index (χ1) is 5.22. The van der Waals surface area contributed by atoms with E-state index in [0.717, 1.165) is 0 Å². The lowest BCUT2D eigenvalue weighted by Crippen LogP contribution is -2.14. The Morgan fingerprint density at radius 2 is 2.55 bits per heavy atom.